The maximum absolute atomic E-state index is 12.1. The van der Waals surface area contributed by atoms with E-state index in [1.807, 2.05) is 5.43 Å². The zero-order valence-electron chi connectivity index (χ0n) is 8.93. The Hall–Kier alpha value is -0.820. The van der Waals surface area contributed by atoms with Crippen LogP contribution in [0.4, 0.5) is 13.2 Å². The van der Waals surface area contributed by atoms with Crippen molar-refractivity contribution in [2.24, 2.45) is 11.8 Å². The monoisotopic (exact) mass is 227 g/mol. The Kier molecular flexibility index (Phi) is 5.02. The summed E-state index contributed by atoms with van der Waals surface area (Å²) in [5, 5.41) is 0. The second-order valence-corrected chi connectivity index (χ2v) is 3.73. The summed E-state index contributed by atoms with van der Waals surface area (Å²) in [6.07, 6.45) is -4.32. The highest BCUT2D eigenvalue weighted by molar-refractivity contribution is 5.81. The molecule has 0 heterocycles. The first kappa shape index (κ1) is 14.2. The number of hydrogen-bond acceptors (Lipinski definition) is 3. The van der Waals surface area contributed by atoms with Gasteiger partial charge in [-0.25, -0.2) is 5.84 Å². The summed E-state index contributed by atoms with van der Waals surface area (Å²) >= 11 is 0. The number of alkyl halides is 3. The van der Waals surface area contributed by atoms with Crippen LogP contribution in [0.3, 0.4) is 0 Å². The first-order chi connectivity index (χ1) is 6.69. The van der Waals surface area contributed by atoms with Gasteiger partial charge in [-0.05, 0) is 13.0 Å². The third-order valence-electron chi connectivity index (χ3n) is 1.95. The Morgan fingerprint density at radius 2 is 1.93 bits per heavy atom. The molecule has 0 aromatic rings. The van der Waals surface area contributed by atoms with Gasteiger partial charge >= 0.3 is 6.18 Å². The van der Waals surface area contributed by atoms with Gasteiger partial charge in [0, 0.05) is 0 Å². The number of carbonyl (C=O) groups is 1. The normalized spacial score (nSPS) is 14.5. The standard InChI is InChI=1S/C8H16F3N3O/c1-5(2)6(7(15)13-12)14(3)4-8(9,10)11/h5-6H,4,12H2,1-3H3,(H,13,15). The van der Waals surface area contributed by atoms with E-state index in [-0.39, 0.29) is 5.92 Å². The number of nitrogens with one attached hydrogen (secondary N) is 1. The average molecular weight is 227 g/mol. The van der Waals surface area contributed by atoms with E-state index in [2.05, 4.69) is 0 Å². The molecule has 1 amide bonds. The number of nitrogens with zero attached hydrogens (tertiary/aromatic N) is 1. The first-order valence-electron chi connectivity index (χ1n) is 4.46. The predicted molar refractivity (Wildman–Crippen MR) is 49.6 cm³/mol. The zero-order valence-corrected chi connectivity index (χ0v) is 8.93. The SMILES string of the molecule is CC(C)C(C(=O)NN)N(C)CC(F)(F)F. The summed E-state index contributed by atoms with van der Waals surface area (Å²) < 4.78 is 36.3. The number of carbonyl (C=O) groups excluding carboxylic acids is 1. The molecule has 0 aliphatic carbocycles. The number of nitrogens with two attached hydrogens (primary N) is 1. The number of hydrazine groups is 1. The molecule has 0 aromatic carbocycles. The highest BCUT2D eigenvalue weighted by atomic mass is 19.4. The second kappa shape index (κ2) is 5.32. The number of rotatable bonds is 4. The van der Waals surface area contributed by atoms with E-state index in [0.29, 0.717) is 0 Å². The van der Waals surface area contributed by atoms with Crippen molar-refractivity contribution in [2.45, 2.75) is 26.1 Å². The van der Waals surface area contributed by atoms with Crippen molar-refractivity contribution in [2.75, 3.05) is 13.6 Å². The summed E-state index contributed by atoms with van der Waals surface area (Å²) in [5.74, 6) is 4.04. The number of amides is 1. The molecule has 1 unspecified atom stereocenters. The maximum Gasteiger partial charge on any atom is 0.401 e. The van der Waals surface area contributed by atoms with Gasteiger partial charge in [0.25, 0.3) is 5.91 Å². The first-order valence-corrected chi connectivity index (χ1v) is 4.46. The molecule has 0 saturated carbocycles. The topological polar surface area (TPSA) is 58.4 Å². The van der Waals surface area contributed by atoms with Crippen molar-refractivity contribution in [1.29, 1.82) is 0 Å². The fourth-order valence-electron chi connectivity index (χ4n) is 1.48. The van der Waals surface area contributed by atoms with Crippen molar-refractivity contribution < 1.29 is 18.0 Å². The van der Waals surface area contributed by atoms with E-state index in [1.165, 1.54) is 7.05 Å². The summed E-state index contributed by atoms with van der Waals surface area (Å²) in [7, 11) is 1.24. The highest BCUT2D eigenvalue weighted by Gasteiger charge is 2.35. The largest absolute Gasteiger partial charge is 0.401 e. The van der Waals surface area contributed by atoms with Crippen molar-refractivity contribution in [3.8, 4) is 0 Å². The fourth-order valence-corrected chi connectivity index (χ4v) is 1.48. The molecule has 0 bridgehead atoms. The third kappa shape index (κ3) is 4.98. The minimum absolute atomic E-state index is 0.249. The van der Waals surface area contributed by atoms with Crippen LogP contribution in [-0.2, 0) is 4.79 Å². The van der Waals surface area contributed by atoms with Gasteiger partial charge in [-0.3, -0.25) is 15.1 Å². The lowest BCUT2D eigenvalue weighted by atomic mass is 10.0. The molecule has 7 heteroatoms. The van der Waals surface area contributed by atoms with Crippen LogP contribution in [-0.4, -0.2) is 36.6 Å². The molecule has 0 aliphatic rings. The van der Waals surface area contributed by atoms with Crippen molar-refractivity contribution in [1.82, 2.24) is 10.3 Å². The summed E-state index contributed by atoms with van der Waals surface area (Å²) in [6.45, 7) is 2.18. The van der Waals surface area contributed by atoms with Crippen LogP contribution < -0.4 is 11.3 Å². The molecule has 1 atom stereocenters. The van der Waals surface area contributed by atoms with E-state index < -0.39 is 24.7 Å². The van der Waals surface area contributed by atoms with E-state index in [0.717, 1.165) is 4.90 Å². The highest BCUT2D eigenvalue weighted by Crippen LogP contribution is 2.19. The van der Waals surface area contributed by atoms with Crippen LogP contribution in [0.2, 0.25) is 0 Å². The van der Waals surface area contributed by atoms with E-state index in [9.17, 15) is 18.0 Å². The van der Waals surface area contributed by atoms with Gasteiger partial charge in [0.1, 0.15) is 0 Å². The van der Waals surface area contributed by atoms with Crippen LogP contribution >= 0.6 is 0 Å². The lowest BCUT2D eigenvalue weighted by molar-refractivity contribution is -0.154. The van der Waals surface area contributed by atoms with Crippen LogP contribution in [0, 0.1) is 5.92 Å². The minimum Gasteiger partial charge on any atom is -0.293 e. The lowest BCUT2D eigenvalue weighted by Gasteiger charge is -2.29. The number of likely N-dealkylation sites (N-methyl/N-ethyl adjacent to an activating group) is 1. The number of hydrogen-bond donors (Lipinski definition) is 2. The van der Waals surface area contributed by atoms with Gasteiger partial charge in [-0.2, -0.15) is 13.2 Å². The van der Waals surface area contributed by atoms with Crippen LogP contribution in [0.25, 0.3) is 0 Å². The van der Waals surface area contributed by atoms with Crippen molar-refractivity contribution in [3.63, 3.8) is 0 Å². The summed E-state index contributed by atoms with van der Waals surface area (Å²) in [4.78, 5) is 12.2. The molecule has 3 N–H and O–H groups in total. The molecule has 0 aromatic heterocycles. The molecular weight excluding hydrogens is 211 g/mol. The molecule has 0 spiro atoms. The smallest absolute Gasteiger partial charge is 0.293 e. The van der Waals surface area contributed by atoms with Gasteiger partial charge < -0.3 is 0 Å². The Morgan fingerprint density at radius 1 is 1.47 bits per heavy atom. The molecule has 15 heavy (non-hydrogen) atoms. The van der Waals surface area contributed by atoms with E-state index >= 15 is 0 Å². The molecule has 90 valence electrons. The maximum atomic E-state index is 12.1. The van der Waals surface area contributed by atoms with Gasteiger partial charge in [0.05, 0.1) is 12.6 Å². The van der Waals surface area contributed by atoms with Crippen LogP contribution in [0.5, 0.6) is 0 Å². The van der Waals surface area contributed by atoms with Crippen LogP contribution in [0.15, 0.2) is 0 Å². The second-order valence-electron chi connectivity index (χ2n) is 3.73. The Bertz CT molecular complexity index is 218. The average Bonchev–Trinajstić information content (AvgIpc) is 1.99. The fraction of sp³-hybridized carbons (Fsp3) is 0.875. The molecule has 0 radical (unpaired) electrons. The van der Waals surface area contributed by atoms with Crippen molar-refractivity contribution >= 4 is 5.91 Å². The molecule has 0 aliphatic heterocycles. The molecule has 4 nitrogen and oxygen atoms in total. The molecular formula is C8H16F3N3O. The summed E-state index contributed by atoms with van der Waals surface area (Å²) in [5.41, 5.74) is 1.87. The Labute approximate surface area is 86.6 Å². The van der Waals surface area contributed by atoms with Gasteiger partial charge in [-0.15, -0.1) is 0 Å². The Morgan fingerprint density at radius 3 is 2.20 bits per heavy atom. The summed E-state index contributed by atoms with van der Waals surface area (Å²) in [6, 6.07) is -0.878. The minimum atomic E-state index is -4.32. The quantitative estimate of drug-likeness (QED) is 0.417. The van der Waals surface area contributed by atoms with E-state index in [1.54, 1.807) is 13.8 Å². The van der Waals surface area contributed by atoms with Gasteiger partial charge in [-0.1, -0.05) is 13.8 Å². The zero-order chi connectivity index (χ0) is 12.2. The molecule has 0 rings (SSSR count). The van der Waals surface area contributed by atoms with Gasteiger partial charge in [0.2, 0.25) is 0 Å². The third-order valence-corrected chi connectivity index (χ3v) is 1.95. The lowest BCUT2D eigenvalue weighted by Crippen LogP contribution is -2.52. The predicted octanol–water partition coefficient (Wildman–Crippen LogP) is 0.495. The Balaban J connectivity index is 4.57. The van der Waals surface area contributed by atoms with Crippen molar-refractivity contribution in [3.05, 3.63) is 0 Å². The molecule has 0 saturated heterocycles. The van der Waals surface area contributed by atoms with E-state index in [4.69, 9.17) is 5.84 Å². The van der Waals surface area contributed by atoms with Gasteiger partial charge in [0.15, 0.2) is 0 Å². The molecule has 0 fully saturated rings. The van der Waals surface area contributed by atoms with Crippen LogP contribution in [0.1, 0.15) is 13.8 Å². The number of halogens is 3.